The highest BCUT2D eigenvalue weighted by molar-refractivity contribution is 6.30. The third-order valence-corrected chi connectivity index (χ3v) is 5.36. The first-order valence-electron chi connectivity index (χ1n) is 10.7. The molecule has 0 aromatic heterocycles. The molecular formula is C24H27ClN4O4. The zero-order valence-corrected chi connectivity index (χ0v) is 19.5. The van der Waals surface area contributed by atoms with E-state index in [4.69, 9.17) is 16.3 Å². The number of nitrogens with one attached hydrogen (secondary N) is 3. The second kappa shape index (κ2) is 10.9. The molecule has 33 heavy (non-hydrogen) atoms. The van der Waals surface area contributed by atoms with E-state index in [9.17, 15) is 14.4 Å². The summed E-state index contributed by atoms with van der Waals surface area (Å²) < 4.78 is 5.26. The van der Waals surface area contributed by atoms with Crippen molar-refractivity contribution in [3.8, 4) is 0 Å². The van der Waals surface area contributed by atoms with E-state index in [1.807, 2.05) is 6.92 Å². The van der Waals surface area contributed by atoms with Crippen molar-refractivity contribution in [2.75, 3.05) is 23.8 Å². The predicted octanol–water partition coefficient (Wildman–Crippen LogP) is 5.30. The molecule has 8 nitrogen and oxygen atoms in total. The molecule has 3 rings (SSSR count). The van der Waals surface area contributed by atoms with Gasteiger partial charge in [0.2, 0.25) is 0 Å². The Morgan fingerprint density at radius 2 is 1.79 bits per heavy atom. The number of halogens is 1. The van der Waals surface area contributed by atoms with Crippen molar-refractivity contribution in [2.24, 2.45) is 0 Å². The summed E-state index contributed by atoms with van der Waals surface area (Å²) in [7, 11) is 0. The molecule has 9 heteroatoms. The highest BCUT2D eigenvalue weighted by Gasteiger charge is 2.36. The van der Waals surface area contributed by atoms with Gasteiger partial charge in [0, 0.05) is 28.6 Å². The number of benzene rings is 2. The van der Waals surface area contributed by atoms with Crippen LogP contribution >= 0.6 is 11.6 Å². The van der Waals surface area contributed by atoms with Gasteiger partial charge >= 0.3 is 18.0 Å². The summed E-state index contributed by atoms with van der Waals surface area (Å²) in [5.74, 6) is -0.468. The van der Waals surface area contributed by atoms with Gasteiger partial charge in [-0.1, -0.05) is 36.7 Å². The first kappa shape index (κ1) is 24.1. The average Bonchev–Trinajstić information content (AvgIpc) is 2.77. The summed E-state index contributed by atoms with van der Waals surface area (Å²) in [6.07, 6.45) is 0.753. The van der Waals surface area contributed by atoms with Crippen LogP contribution in [0.5, 0.6) is 0 Å². The lowest BCUT2D eigenvalue weighted by Gasteiger charge is -2.35. The topological polar surface area (TPSA) is 99.8 Å². The number of ether oxygens (including phenoxy) is 1. The monoisotopic (exact) mass is 470 g/mol. The molecule has 0 aliphatic carbocycles. The van der Waals surface area contributed by atoms with Gasteiger partial charge in [-0.25, -0.2) is 14.4 Å². The molecule has 1 heterocycles. The van der Waals surface area contributed by atoms with Gasteiger partial charge in [-0.2, -0.15) is 0 Å². The Morgan fingerprint density at radius 1 is 1.09 bits per heavy atom. The van der Waals surface area contributed by atoms with E-state index in [-0.39, 0.29) is 12.6 Å². The smallest absolute Gasteiger partial charge is 0.338 e. The maximum absolute atomic E-state index is 12.7. The zero-order valence-electron chi connectivity index (χ0n) is 18.8. The number of hydrogen-bond donors (Lipinski definition) is 3. The molecule has 3 N–H and O–H groups in total. The predicted molar refractivity (Wildman–Crippen MR) is 128 cm³/mol. The van der Waals surface area contributed by atoms with E-state index in [1.165, 1.54) is 0 Å². The Kier molecular flexibility index (Phi) is 7.95. The normalized spacial score (nSPS) is 15.7. The Morgan fingerprint density at radius 3 is 2.42 bits per heavy atom. The minimum atomic E-state index is -0.654. The van der Waals surface area contributed by atoms with Crippen molar-refractivity contribution < 1.29 is 19.1 Å². The summed E-state index contributed by atoms with van der Waals surface area (Å²) in [5.41, 5.74) is 2.78. The molecule has 1 aliphatic rings. The van der Waals surface area contributed by atoms with Crippen LogP contribution in [0.15, 0.2) is 59.8 Å². The van der Waals surface area contributed by atoms with Crippen molar-refractivity contribution >= 4 is 41.0 Å². The SMILES string of the molecule is CCCN1C(=O)N[C@H](c2ccc(NC(=O)Nc3cccc(Cl)c3)cc2)C(C(=O)OCC)=C1C. The molecule has 174 valence electrons. The minimum Gasteiger partial charge on any atom is -0.463 e. The van der Waals surface area contributed by atoms with Gasteiger partial charge in [0.15, 0.2) is 0 Å². The van der Waals surface area contributed by atoms with Crippen molar-refractivity contribution in [3.05, 3.63) is 70.4 Å². The minimum absolute atomic E-state index is 0.231. The molecule has 0 bridgehead atoms. The van der Waals surface area contributed by atoms with E-state index < -0.39 is 18.0 Å². The zero-order chi connectivity index (χ0) is 24.0. The maximum Gasteiger partial charge on any atom is 0.338 e. The van der Waals surface area contributed by atoms with Gasteiger partial charge < -0.3 is 20.7 Å². The molecule has 2 aromatic rings. The lowest BCUT2D eigenvalue weighted by Crippen LogP contribution is -2.48. The van der Waals surface area contributed by atoms with Crippen molar-refractivity contribution in [1.29, 1.82) is 0 Å². The van der Waals surface area contributed by atoms with E-state index in [2.05, 4.69) is 16.0 Å². The van der Waals surface area contributed by atoms with Crippen LogP contribution in [0.3, 0.4) is 0 Å². The number of nitrogens with zero attached hydrogens (tertiary/aromatic N) is 1. The van der Waals surface area contributed by atoms with Crippen LogP contribution in [0.1, 0.15) is 38.8 Å². The van der Waals surface area contributed by atoms with Gasteiger partial charge in [0.05, 0.1) is 18.2 Å². The van der Waals surface area contributed by atoms with Gasteiger partial charge in [0.1, 0.15) is 0 Å². The summed E-state index contributed by atoms with van der Waals surface area (Å²) >= 11 is 5.94. The molecule has 0 fully saturated rings. The van der Waals surface area contributed by atoms with Crippen molar-refractivity contribution in [2.45, 2.75) is 33.2 Å². The molecule has 1 atom stereocenters. The van der Waals surface area contributed by atoms with Crippen LogP contribution in [0.2, 0.25) is 5.02 Å². The molecule has 2 aromatic carbocycles. The highest BCUT2D eigenvalue weighted by Crippen LogP contribution is 2.32. The number of hydrogen-bond acceptors (Lipinski definition) is 4. The van der Waals surface area contributed by atoms with Gasteiger partial charge in [-0.3, -0.25) is 4.90 Å². The van der Waals surface area contributed by atoms with Crippen LogP contribution < -0.4 is 16.0 Å². The van der Waals surface area contributed by atoms with Crippen LogP contribution in [-0.4, -0.2) is 36.1 Å². The lowest BCUT2D eigenvalue weighted by molar-refractivity contribution is -0.139. The summed E-state index contributed by atoms with van der Waals surface area (Å²) in [6, 6.07) is 12.4. The van der Waals surface area contributed by atoms with Gasteiger partial charge in [-0.05, 0) is 56.2 Å². The number of anilines is 2. The molecule has 0 spiro atoms. The number of rotatable bonds is 7. The van der Waals surface area contributed by atoms with Gasteiger partial charge in [0.25, 0.3) is 0 Å². The standard InChI is InChI=1S/C24H27ClN4O4/c1-4-13-29-15(3)20(22(30)33-5-2)21(28-24(29)32)16-9-11-18(12-10-16)26-23(31)27-19-8-6-7-17(25)14-19/h6-12,14,21H,4-5,13H2,1-3H3,(H,28,32)(H2,26,27,31)/t21-/m1/s1. The maximum atomic E-state index is 12.7. The second-order valence-electron chi connectivity index (χ2n) is 7.47. The van der Waals surface area contributed by atoms with Gasteiger partial charge in [-0.15, -0.1) is 0 Å². The van der Waals surface area contributed by atoms with Crippen LogP contribution in [0.25, 0.3) is 0 Å². The fourth-order valence-electron chi connectivity index (χ4n) is 3.62. The van der Waals surface area contributed by atoms with E-state index in [0.717, 1.165) is 6.42 Å². The van der Waals surface area contributed by atoms with E-state index in [1.54, 1.807) is 67.3 Å². The largest absolute Gasteiger partial charge is 0.463 e. The molecule has 0 radical (unpaired) electrons. The number of amides is 4. The molecule has 0 unspecified atom stereocenters. The Bertz CT molecular complexity index is 1070. The van der Waals surface area contributed by atoms with Crippen LogP contribution in [0.4, 0.5) is 21.0 Å². The fraction of sp³-hybridized carbons (Fsp3) is 0.292. The van der Waals surface area contributed by atoms with Crippen LogP contribution in [-0.2, 0) is 9.53 Å². The molecule has 0 saturated heterocycles. The molecule has 4 amide bonds. The molecule has 1 aliphatic heterocycles. The third-order valence-electron chi connectivity index (χ3n) is 5.12. The number of carbonyl (C=O) groups is 3. The Balaban J connectivity index is 1.79. The average molecular weight is 471 g/mol. The summed E-state index contributed by atoms with van der Waals surface area (Å²) in [6.45, 7) is 6.18. The lowest BCUT2D eigenvalue weighted by atomic mass is 9.94. The third kappa shape index (κ3) is 5.84. The number of carbonyl (C=O) groups excluding carboxylic acids is 3. The first-order chi connectivity index (χ1) is 15.8. The Hall–Kier alpha value is -3.52. The first-order valence-corrected chi connectivity index (χ1v) is 11.1. The number of urea groups is 2. The summed E-state index contributed by atoms with van der Waals surface area (Å²) in [5, 5.41) is 8.87. The molecule has 0 saturated carbocycles. The fourth-order valence-corrected chi connectivity index (χ4v) is 3.81. The Labute approximate surface area is 197 Å². The number of allylic oxidation sites excluding steroid dienone is 1. The van der Waals surface area contributed by atoms with Crippen molar-refractivity contribution in [1.82, 2.24) is 10.2 Å². The highest BCUT2D eigenvalue weighted by atomic mass is 35.5. The van der Waals surface area contributed by atoms with E-state index in [0.29, 0.717) is 39.8 Å². The summed E-state index contributed by atoms with van der Waals surface area (Å²) in [4.78, 5) is 39.2. The number of esters is 1. The van der Waals surface area contributed by atoms with E-state index >= 15 is 0 Å². The second-order valence-corrected chi connectivity index (χ2v) is 7.90. The van der Waals surface area contributed by atoms with Crippen LogP contribution in [0, 0.1) is 0 Å². The van der Waals surface area contributed by atoms with Crippen molar-refractivity contribution in [3.63, 3.8) is 0 Å². The quantitative estimate of drug-likeness (QED) is 0.478. The molecular weight excluding hydrogens is 444 g/mol.